The molecule has 0 radical (unpaired) electrons. The van der Waals surface area contributed by atoms with Crippen LogP contribution in [-0.4, -0.2) is 97.1 Å². The molecule has 2 N–H and O–H groups in total. The summed E-state index contributed by atoms with van der Waals surface area (Å²) in [6, 6.07) is 24.0. The van der Waals surface area contributed by atoms with Crippen molar-refractivity contribution < 1.29 is 33.6 Å². The van der Waals surface area contributed by atoms with Crippen LogP contribution in [0.3, 0.4) is 0 Å². The van der Waals surface area contributed by atoms with Gasteiger partial charge in [-0.25, -0.2) is 4.79 Å². The van der Waals surface area contributed by atoms with E-state index >= 15 is 0 Å². The zero-order chi connectivity index (χ0) is 46.1. The van der Waals surface area contributed by atoms with Crippen LogP contribution >= 0.6 is 11.6 Å². The molecule has 1 saturated carbocycles. The normalized spacial score (nSPS) is 23.1. The molecular formula is C54H69ClN4O7. The number of nitrogens with zero attached hydrogens (tertiary/aromatic N) is 3. The molecule has 1 amide bonds. The van der Waals surface area contributed by atoms with E-state index in [1.807, 2.05) is 48.5 Å². The molecule has 1 spiro atoms. The van der Waals surface area contributed by atoms with Gasteiger partial charge in [0.15, 0.2) is 0 Å². The SMILES string of the molecule is C[C@@H](COc1ccnc2c1[C@H](C)CCC2)C[C@H]1Cc2ccc(OCCCC(=O)N(C)CCc3cccc(OCCN4CCCOC4)c3)cc2C12CCC(Nc1cccc(Cl)c1)(C(=O)O)CC2. The third-order valence-electron chi connectivity index (χ3n) is 14.8. The van der Waals surface area contributed by atoms with Crippen molar-refractivity contribution in [2.75, 3.05) is 65.2 Å². The van der Waals surface area contributed by atoms with Crippen molar-refractivity contribution in [3.63, 3.8) is 0 Å². The predicted octanol–water partition coefficient (Wildman–Crippen LogP) is 10.1. The van der Waals surface area contributed by atoms with Gasteiger partial charge in [-0.2, -0.15) is 0 Å². The summed E-state index contributed by atoms with van der Waals surface area (Å²) in [5, 5.41) is 14.7. The molecule has 3 atom stereocenters. The van der Waals surface area contributed by atoms with Crippen molar-refractivity contribution in [2.24, 2.45) is 11.8 Å². The Labute approximate surface area is 396 Å². The maximum atomic E-state index is 13.2. The van der Waals surface area contributed by atoms with E-state index in [2.05, 4.69) is 59.4 Å². The van der Waals surface area contributed by atoms with Crippen molar-refractivity contribution in [2.45, 2.75) is 114 Å². The number of carbonyl (C=O) groups is 2. The summed E-state index contributed by atoms with van der Waals surface area (Å²) in [6.07, 6.45) is 12.3. The number of pyridine rings is 1. The fourth-order valence-electron chi connectivity index (χ4n) is 11.1. The van der Waals surface area contributed by atoms with Gasteiger partial charge in [0.1, 0.15) is 29.4 Å². The molecule has 0 unspecified atom stereocenters. The summed E-state index contributed by atoms with van der Waals surface area (Å²) < 4.78 is 24.6. The Morgan fingerprint density at radius 1 is 1.00 bits per heavy atom. The Kier molecular flexibility index (Phi) is 15.8. The number of benzene rings is 3. The predicted molar refractivity (Wildman–Crippen MR) is 259 cm³/mol. The van der Waals surface area contributed by atoms with Crippen LogP contribution in [0.15, 0.2) is 79.0 Å². The molecule has 3 aromatic carbocycles. The molecule has 1 aliphatic heterocycles. The summed E-state index contributed by atoms with van der Waals surface area (Å²) in [5.41, 5.74) is 5.56. The Morgan fingerprint density at radius 2 is 1.82 bits per heavy atom. The molecule has 0 bridgehead atoms. The molecule has 8 rings (SSSR count). The lowest BCUT2D eigenvalue weighted by Gasteiger charge is -2.47. The molecule has 4 aliphatic rings. The van der Waals surface area contributed by atoms with Crippen molar-refractivity contribution in [1.82, 2.24) is 14.8 Å². The smallest absolute Gasteiger partial charge is 0.329 e. The minimum Gasteiger partial charge on any atom is -0.494 e. The van der Waals surface area contributed by atoms with Crippen molar-refractivity contribution in [1.29, 1.82) is 0 Å². The number of fused-ring (bicyclic) bond motifs is 3. The number of carboxylic acids is 1. The number of amides is 1. The maximum Gasteiger partial charge on any atom is 0.329 e. The van der Waals surface area contributed by atoms with E-state index in [-0.39, 0.29) is 17.2 Å². The quantitative estimate of drug-likeness (QED) is 0.0829. The highest BCUT2D eigenvalue weighted by atomic mass is 35.5. The fourth-order valence-corrected chi connectivity index (χ4v) is 11.3. The molecule has 12 heteroatoms. The lowest BCUT2D eigenvalue weighted by molar-refractivity contribution is -0.144. The van der Waals surface area contributed by atoms with E-state index in [1.54, 1.807) is 12.1 Å². The number of hydrogen-bond acceptors (Lipinski definition) is 9. The topological polar surface area (TPSA) is 123 Å². The number of carbonyl (C=O) groups excluding carboxylic acids is 1. The van der Waals surface area contributed by atoms with Gasteiger partial charge in [0, 0.05) is 67.9 Å². The third-order valence-corrected chi connectivity index (χ3v) is 15.1. The van der Waals surface area contributed by atoms with Crippen LogP contribution in [0.5, 0.6) is 17.2 Å². The van der Waals surface area contributed by atoms with Gasteiger partial charge in [0.25, 0.3) is 0 Å². The van der Waals surface area contributed by atoms with Gasteiger partial charge in [-0.1, -0.05) is 49.7 Å². The van der Waals surface area contributed by atoms with E-state index < -0.39 is 11.5 Å². The highest BCUT2D eigenvalue weighted by Crippen LogP contribution is 2.57. The maximum absolute atomic E-state index is 13.2. The largest absolute Gasteiger partial charge is 0.494 e. The molecule has 354 valence electrons. The Morgan fingerprint density at radius 3 is 2.62 bits per heavy atom. The molecule has 2 fully saturated rings. The molecule has 2 heterocycles. The number of carboxylic acid groups (broad SMARTS) is 1. The average Bonchev–Trinajstić information content (AvgIpc) is 3.60. The molecule has 1 saturated heterocycles. The van der Waals surface area contributed by atoms with Crippen molar-refractivity contribution >= 4 is 29.2 Å². The number of anilines is 1. The number of rotatable bonds is 20. The monoisotopic (exact) mass is 920 g/mol. The highest BCUT2D eigenvalue weighted by molar-refractivity contribution is 6.30. The first-order valence-corrected chi connectivity index (χ1v) is 24.8. The molecule has 1 aromatic heterocycles. The number of aryl methyl sites for hydroxylation is 1. The van der Waals surface area contributed by atoms with E-state index in [0.717, 1.165) is 100 Å². The first-order chi connectivity index (χ1) is 32.0. The number of likely N-dealkylation sites (N-methyl/N-ethyl adjacent to an activating group) is 1. The van der Waals surface area contributed by atoms with Gasteiger partial charge in [0.05, 0.1) is 19.9 Å². The number of ether oxygens (including phenoxy) is 4. The number of aromatic nitrogens is 1. The molecular weight excluding hydrogens is 852 g/mol. The Bertz CT molecular complexity index is 2270. The third kappa shape index (κ3) is 11.5. The zero-order valence-corrected chi connectivity index (χ0v) is 40.0. The minimum absolute atomic E-state index is 0.0948. The zero-order valence-electron chi connectivity index (χ0n) is 39.2. The van der Waals surface area contributed by atoms with Crippen LogP contribution in [0, 0.1) is 11.8 Å². The standard InChI is InChI=1S/C54H69ClN4O7/c1-38(36-66-49-18-24-56-48-14-4-9-39(2)51(48)49)31-42-33-41-16-17-46(35-47(41)53(42)20-22-54(23-21-53,52(61)62)57-44-12-6-11-43(55)34-44)64-29-7-15-50(60)58(3)26-19-40-10-5-13-45(32-40)65-30-27-59-25-8-28-63-37-59/h5-6,10-13,16-18,24,32,34-35,38-39,42,57H,4,7-9,14-15,19-23,25-31,33,36-37H2,1-3H3,(H,61,62)/t38-,39-,42+,53?,54?/m1/s1. The van der Waals surface area contributed by atoms with Crippen LogP contribution in [0.1, 0.15) is 112 Å². The molecule has 3 aliphatic carbocycles. The second kappa shape index (κ2) is 21.9. The summed E-state index contributed by atoms with van der Waals surface area (Å²) in [7, 11) is 1.87. The van der Waals surface area contributed by atoms with Gasteiger partial charge in [0.2, 0.25) is 5.91 Å². The molecule has 11 nitrogen and oxygen atoms in total. The average molecular weight is 922 g/mol. The van der Waals surface area contributed by atoms with Crippen LogP contribution in [-0.2, 0) is 39.0 Å². The van der Waals surface area contributed by atoms with Crippen LogP contribution in [0.25, 0.3) is 0 Å². The highest BCUT2D eigenvalue weighted by Gasteiger charge is 2.54. The van der Waals surface area contributed by atoms with Crippen LogP contribution < -0.4 is 19.5 Å². The van der Waals surface area contributed by atoms with Gasteiger partial charge in [-0.15, -0.1) is 0 Å². The number of aliphatic carboxylic acids is 1. The molecule has 4 aromatic rings. The Hall–Kier alpha value is -4.84. The minimum atomic E-state index is -1.11. The number of hydrogen-bond donors (Lipinski definition) is 2. The van der Waals surface area contributed by atoms with Crippen molar-refractivity contribution in [3.05, 3.63) is 112 Å². The van der Waals surface area contributed by atoms with Crippen LogP contribution in [0.4, 0.5) is 5.69 Å². The summed E-state index contributed by atoms with van der Waals surface area (Å²) >= 11 is 6.33. The van der Waals surface area contributed by atoms with Crippen molar-refractivity contribution in [3.8, 4) is 17.2 Å². The number of nitrogens with one attached hydrogen (secondary N) is 1. The summed E-state index contributed by atoms with van der Waals surface area (Å²) in [4.78, 5) is 35.1. The Balaban J connectivity index is 0.881. The van der Waals surface area contributed by atoms with E-state index in [9.17, 15) is 14.7 Å². The van der Waals surface area contributed by atoms with E-state index in [1.165, 1.54) is 22.4 Å². The summed E-state index contributed by atoms with van der Waals surface area (Å²) in [6.45, 7) is 10.2. The summed E-state index contributed by atoms with van der Waals surface area (Å²) in [5.74, 6) is 2.90. The lowest BCUT2D eigenvalue weighted by Crippen LogP contribution is -2.53. The first kappa shape index (κ1) is 47.6. The number of halogens is 1. The lowest BCUT2D eigenvalue weighted by atomic mass is 9.59. The van der Waals surface area contributed by atoms with Gasteiger partial charge < -0.3 is 34.3 Å². The van der Waals surface area contributed by atoms with E-state index in [4.69, 9.17) is 30.5 Å². The first-order valence-electron chi connectivity index (χ1n) is 24.4. The van der Waals surface area contributed by atoms with Gasteiger partial charge >= 0.3 is 5.97 Å². The second-order valence-corrected chi connectivity index (χ2v) is 20.0. The molecule has 66 heavy (non-hydrogen) atoms. The second-order valence-electron chi connectivity index (χ2n) is 19.5. The van der Waals surface area contributed by atoms with Crippen LogP contribution in [0.2, 0.25) is 5.02 Å². The fraction of sp³-hybridized carbons (Fsp3) is 0.537. The van der Waals surface area contributed by atoms with Gasteiger partial charge in [-0.3, -0.25) is 14.7 Å². The van der Waals surface area contributed by atoms with Gasteiger partial charge in [-0.05, 0) is 165 Å². The van der Waals surface area contributed by atoms with E-state index in [0.29, 0.717) is 81.3 Å².